The van der Waals surface area contributed by atoms with Gasteiger partial charge in [0.1, 0.15) is 0 Å². The van der Waals surface area contributed by atoms with Crippen LogP contribution in [0.15, 0.2) is 0 Å². The minimum atomic E-state index is -3.59. The van der Waals surface area contributed by atoms with Crippen molar-refractivity contribution in [3.05, 3.63) is 0 Å². The molecule has 0 saturated carbocycles. The fourth-order valence-corrected chi connectivity index (χ4v) is 2.79. The van der Waals surface area contributed by atoms with Crippen molar-refractivity contribution in [2.45, 2.75) is 6.42 Å². The van der Waals surface area contributed by atoms with Crippen LogP contribution in [-0.2, 0) is 21.9 Å². The van der Waals surface area contributed by atoms with Gasteiger partial charge in [0.05, 0.1) is 5.75 Å². The van der Waals surface area contributed by atoms with Crippen molar-refractivity contribution in [2.24, 2.45) is 18.1 Å². The van der Waals surface area contributed by atoms with E-state index in [1.807, 2.05) is 0 Å². The lowest BCUT2D eigenvalue weighted by Crippen LogP contribution is -2.28. The molecular formula is C8H14N6O3S. The minimum absolute atomic E-state index is 0.120. The number of aromatic nitrogens is 3. The van der Waals surface area contributed by atoms with Crippen LogP contribution in [0.4, 0.5) is 11.9 Å². The molecule has 1 amide bonds. The van der Waals surface area contributed by atoms with Gasteiger partial charge in [0.2, 0.25) is 21.9 Å². The Kier molecular flexibility index (Phi) is 2.99. The highest BCUT2D eigenvalue weighted by Gasteiger charge is 2.34. The maximum atomic E-state index is 11.8. The first-order chi connectivity index (χ1) is 8.26. The number of anilines is 2. The summed E-state index contributed by atoms with van der Waals surface area (Å²) in [6.07, 6.45) is 0.120. The third-order valence-corrected chi connectivity index (χ3v) is 3.64. The summed E-state index contributed by atoms with van der Waals surface area (Å²) in [5, 5.41) is 8.94. The lowest BCUT2D eigenvalue weighted by molar-refractivity contribution is -0.117. The van der Waals surface area contributed by atoms with E-state index >= 15 is 0 Å². The van der Waals surface area contributed by atoms with Gasteiger partial charge in [0, 0.05) is 25.9 Å². The summed E-state index contributed by atoms with van der Waals surface area (Å²) in [6, 6.07) is 0. The Morgan fingerprint density at radius 2 is 2.17 bits per heavy atom. The van der Waals surface area contributed by atoms with Crippen molar-refractivity contribution >= 4 is 27.8 Å². The SMILES string of the molecule is Cn1nc(N2CC(CS(N)(=O)=O)CC2=O)nc1N. The number of sulfonamides is 1. The quantitative estimate of drug-likeness (QED) is 0.656. The Hall–Kier alpha value is -1.68. The van der Waals surface area contributed by atoms with Crippen LogP contribution < -0.4 is 15.8 Å². The van der Waals surface area contributed by atoms with Crippen LogP contribution in [-0.4, -0.2) is 41.4 Å². The second-order valence-electron chi connectivity index (χ2n) is 4.30. The van der Waals surface area contributed by atoms with Crippen LogP contribution in [0, 0.1) is 5.92 Å². The highest BCUT2D eigenvalue weighted by molar-refractivity contribution is 7.89. The highest BCUT2D eigenvalue weighted by Crippen LogP contribution is 2.23. The number of nitrogens with zero attached hydrogens (tertiary/aromatic N) is 4. The topological polar surface area (TPSA) is 137 Å². The lowest BCUT2D eigenvalue weighted by atomic mass is 10.1. The lowest BCUT2D eigenvalue weighted by Gasteiger charge is -2.11. The number of carbonyl (C=O) groups is 1. The maximum absolute atomic E-state index is 11.8. The summed E-state index contributed by atoms with van der Waals surface area (Å²) in [5.41, 5.74) is 5.53. The molecule has 0 radical (unpaired) electrons. The standard InChI is InChI=1S/C8H14N6O3S/c1-13-7(9)11-8(12-13)14-3-5(2-6(14)15)4-18(10,16)17/h5H,2-4H2,1H3,(H2,9,11,12)(H2,10,16,17). The summed E-state index contributed by atoms with van der Waals surface area (Å²) in [4.78, 5) is 17.0. The average Bonchev–Trinajstić information content (AvgIpc) is 2.69. The molecule has 2 heterocycles. The second-order valence-corrected chi connectivity index (χ2v) is 5.96. The smallest absolute Gasteiger partial charge is 0.253 e. The summed E-state index contributed by atoms with van der Waals surface area (Å²) >= 11 is 0. The molecule has 1 saturated heterocycles. The van der Waals surface area contributed by atoms with Gasteiger partial charge in [0.25, 0.3) is 5.95 Å². The molecule has 18 heavy (non-hydrogen) atoms. The molecule has 10 heteroatoms. The van der Waals surface area contributed by atoms with E-state index in [-0.39, 0.29) is 42.4 Å². The van der Waals surface area contributed by atoms with E-state index in [9.17, 15) is 13.2 Å². The summed E-state index contributed by atoms with van der Waals surface area (Å²) in [7, 11) is -1.98. The minimum Gasteiger partial charge on any atom is -0.368 e. The van der Waals surface area contributed by atoms with Crippen molar-refractivity contribution in [2.75, 3.05) is 22.9 Å². The molecule has 0 aromatic carbocycles. The molecule has 1 fully saturated rings. The van der Waals surface area contributed by atoms with Gasteiger partial charge in [-0.15, -0.1) is 5.10 Å². The number of hydrogen-bond donors (Lipinski definition) is 2. The van der Waals surface area contributed by atoms with E-state index in [1.54, 1.807) is 7.05 Å². The van der Waals surface area contributed by atoms with E-state index in [0.717, 1.165) is 0 Å². The van der Waals surface area contributed by atoms with Gasteiger partial charge in [-0.05, 0) is 0 Å². The van der Waals surface area contributed by atoms with Gasteiger partial charge in [-0.2, -0.15) is 4.98 Å². The van der Waals surface area contributed by atoms with Crippen LogP contribution in [0.2, 0.25) is 0 Å². The fourth-order valence-electron chi connectivity index (χ4n) is 1.91. The van der Waals surface area contributed by atoms with Crippen molar-refractivity contribution in [3.8, 4) is 0 Å². The monoisotopic (exact) mass is 274 g/mol. The molecule has 4 N–H and O–H groups in total. The molecule has 1 aliphatic rings. The van der Waals surface area contributed by atoms with Crippen LogP contribution in [0.25, 0.3) is 0 Å². The van der Waals surface area contributed by atoms with E-state index < -0.39 is 10.0 Å². The molecule has 1 atom stereocenters. The maximum Gasteiger partial charge on any atom is 0.253 e. The van der Waals surface area contributed by atoms with E-state index in [2.05, 4.69) is 10.1 Å². The normalized spacial score (nSPS) is 20.7. The van der Waals surface area contributed by atoms with E-state index in [4.69, 9.17) is 10.9 Å². The predicted molar refractivity (Wildman–Crippen MR) is 63.8 cm³/mol. The molecule has 0 aliphatic carbocycles. The largest absolute Gasteiger partial charge is 0.368 e. The molecule has 9 nitrogen and oxygen atoms in total. The molecule has 1 aromatic heterocycles. The average molecular weight is 274 g/mol. The summed E-state index contributed by atoms with van der Waals surface area (Å²) in [5.74, 6) is -0.409. The number of aryl methyl sites for hydroxylation is 1. The summed E-state index contributed by atoms with van der Waals surface area (Å²) < 4.78 is 23.3. The molecule has 2 rings (SSSR count). The van der Waals surface area contributed by atoms with Crippen LogP contribution in [0.5, 0.6) is 0 Å². The van der Waals surface area contributed by atoms with Gasteiger partial charge in [-0.25, -0.2) is 18.2 Å². The molecule has 1 aromatic rings. The molecule has 0 bridgehead atoms. The Balaban J connectivity index is 2.15. The first-order valence-electron chi connectivity index (χ1n) is 5.23. The zero-order valence-corrected chi connectivity index (χ0v) is 10.6. The highest BCUT2D eigenvalue weighted by atomic mass is 32.2. The van der Waals surface area contributed by atoms with Crippen molar-refractivity contribution in [3.63, 3.8) is 0 Å². The Morgan fingerprint density at radius 3 is 2.67 bits per heavy atom. The Labute approximate surface area is 104 Å². The molecule has 1 aliphatic heterocycles. The first kappa shape index (κ1) is 12.8. The Bertz CT molecular complexity index is 560. The third kappa shape index (κ3) is 2.59. The second kappa shape index (κ2) is 4.21. The summed E-state index contributed by atoms with van der Waals surface area (Å²) in [6.45, 7) is 0.235. The first-order valence-corrected chi connectivity index (χ1v) is 6.95. The van der Waals surface area contributed by atoms with Gasteiger partial charge in [0.15, 0.2) is 0 Å². The van der Waals surface area contributed by atoms with E-state index in [1.165, 1.54) is 9.58 Å². The van der Waals surface area contributed by atoms with Crippen molar-refractivity contribution in [1.82, 2.24) is 14.8 Å². The molecule has 100 valence electrons. The van der Waals surface area contributed by atoms with Crippen LogP contribution in [0.1, 0.15) is 6.42 Å². The molecule has 1 unspecified atom stereocenters. The number of rotatable bonds is 3. The fraction of sp³-hybridized carbons (Fsp3) is 0.625. The van der Waals surface area contributed by atoms with Gasteiger partial charge >= 0.3 is 0 Å². The number of nitrogen functional groups attached to an aromatic ring is 1. The number of hydrogen-bond acceptors (Lipinski definition) is 6. The zero-order valence-electron chi connectivity index (χ0n) is 9.78. The van der Waals surface area contributed by atoms with Crippen LogP contribution in [0.3, 0.4) is 0 Å². The number of carbonyl (C=O) groups excluding carboxylic acids is 1. The zero-order chi connectivity index (χ0) is 13.5. The van der Waals surface area contributed by atoms with Gasteiger partial charge in [-0.1, -0.05) is 0 Å². The van der Waals surface area contributed by atoms with Gasteiger partial charge < -0.3 is 5.73 Å². The number of nitrogens with two attached hydrogens (primary N) is 2. The van der Waals surface area contributed by atoms with Crippen LogP contribution >= 0.6 is 0 Å². The number of amides is 1. The molecular weight excluding hydrogens is 260 g/mol. The molecule has 0 spiro atoms. The third-order valence-electron chi connectivity index (χ3n) is 2.70. The number of primary sulfonamides is 1. The predicted octanol–water partition coefficient (Wildman–Crippen LogP) is -1.96. The van der Waals surface area contributed by atoms with Crippen molar-refractivity contribution in [1.29, 1.82) is 0 Å². The Morgan fingerprint density at radius 1 is 1.50 bits per heavy atom. The van der Waals surface area contributed by atoms with Crippen molar-refractivity contribution < 1.29 is 13.2 Å². The van der Waals surface area contributed by atoms with Gasteiger partial charge in [-0.3, -0.25) is 9.69 Å². The van der Waals surface area contributed by atoms with E-state index in [0.29, 0.717) is 0 Å².